The van der Waals surface area contributed by atoms with E-state index in [2.05, 4.69) is 12.1 Å². The minimum atomic E-state index is -1.10. The maximum absolute atomic E-state index is 12.9. The number of hydrogen-bond donors (Lipinski definition) is 1. The Kier molecular flexibility index (Phi) is 7.00. The number of hydrogen-bond acceptors (Lipinski definition) is 5. The van der Waals surface area contributed by atoms with Crippen molar-refractivity contribution in [3.05, 3.63) is 95.7 Å². The average molecular weight is 526 g/mol. The van der Waals surface area contributed by atoms with Gasteiger partial charge in [-0.15, -0.1) is 0 Å². The molecule has 1 heterocycles. The van der Waals surface area contributed by atoms with Crippen LogP contribution in [0.15, 0.2) is 79.0 Å². The van der Waals surface area contributed by atoms with E-state index >= 15 is 0 Å². The van der Waals surface area contributed by atoms with Crippen LogP contribution in [0.2, 0.25) is 0 Å². The van der Waals surface area contributed by atoms with E-state index < -0.39 is 29.6 Å². The predicted molar refractivity (Wildman–Crippen MR) is 148 cm³/mol. The normalized spacial score (nSPS) is 13.5. The van der Waals surface area contributed by atoms with Gasteiger partial charge in [-0.2, -0.15) is 0 Å². The van der Waals surface area contributed by atoms with Crippen LogP contribution in [-0.2, 0) is 25.5 Å². The van der Waals surface area contributed by atoms with Crippen molar-refractivity contribution in [2.75, 3.05) is 6.61 Å². The first-order chi connectivity index (χ1) is 18.6. The third kappa shape index (κ3) is 5.43. The van der Waals surface area contributed by atoms with Gasteiger partial charge in [0.15, 0.2) is 0 Å². The number of ether oxygens (including phenoxy) is 2. The third-order valence-corrected chi connectivity index (χ3v) is 6.99. The first-order valence-corrected chi connectivity index (χ1v) is 13.0. The Hall–Kier alpha value is -4.39. The molecule has 0 radical (unpaired) electrons. The molecule has 200 valence electrons. The number of benzene rings is 3. The molecule has 7 nitrogen and oxygen atoms in total. The first-order valence-electron chi connectivity index (χ1n) is 13.0. The Morgan fingerprint density at radius 2 is 1.49 bits per heavy atom. The Morgan fingerprint density at radius 1 is 0.897 bits per heavy atom. The predicted octanol–water partition coefficient (Wildman–Crippen LogP) is 6.41. The van der Waals surface area contributed by atoms with Crippen molar-refractivity contribution in [3.63, 3.8) is 0 Å². The molecular formula is C32H31NO6. The fourth-order valence-electron chi connectivity index (χ4n) is 5.26. The van der Waals surface area contributed by atoms with Gasteiger partial charge in [0, 0.05) is 17.5 Å². The summed E-state index contributed by atoms with van der Waals surface area (Å²) in [6, 6.07) is 23.3. The van der Waals surface area contributed by atoms with Crippen LogP contribution in [0.25, 0.3) is 22.0 Å². The lowest BCUT2D eigenvalue weighted by Crippen LogP contribution is -2.26. The monoisotopic (exact) mass is 525 g/mol. The Bertz CT molecular complexity index is 1510. The molecule has 1 N–H and O–H groups in total. The zero-order valence-electron chi connectivity index (χ0n) is 22.2. The molecule has 1 aliphatic carbocycles. The molecule has 0 bridgehead atoms. The lowest BCUT2D eigenvalue weighted by atomic mass is 9.95. The molecule has 1 aliphatic rings. The highest BCUT2D eigenvalue weighted by molar-refractivity contribution is 5.92. The molecule has 1 atom stereocenters. The fraction of sp³-hybridized carbons (Fsp3) is 0.281. The van der Waals surface area contributed by atoms with E-state index in [0.29, 0.717) is 11.1 Å². The van der Waals surface area contributed by atoms with E-state index in [0.717, 1.165) is 27.6 Å². The summed E-state index contributed by atoms with van der Waals surface area (Å²) < 4.78 is 12.6. The minimum absolute atomic E-state index is 0.0653. The molecule has 0 aliphatic heterocycles. The number of para-hydroxylation sites is 1. The molecule has 3 aromatic carbocycles. The summed E-state index contributed by atoms with van der Waals surface area (Å²) in [5, 5.41) is 10.7. The molecule has 0 fully saturated rings. The lowest BCUT2D eigenvalue weighted by molar-refractivity contribution is -0.151. The quantitative estimate of drug-likeness (QED) is 0.280. The number of rotatable bonds is 7. The number of carboxylic acids is 1. The van der Waals surface area contributed by atoms with Crippen molar-refractivity contribution < 1.29 is 29.0 Å². The molecule has 1 aromatic heterocycles. The van der Waals surface area contributed by atoms with Gasteiger partial charge in [0.1, 0.15) is 12.2 Å². The van der Waals surface area contributed by atoms with Crippen molar-refractivity contribution in [1.29, 1.82) is 0 Å². The smallest absolute Gasteiger partial charge is 0.419 e. The lowest BCUT2D eigenvalue weighted by Gasteiger charge is -2.19. The SMILES string of the molecule is CC(C)(C)OC(=O)n1cc(CC(CC(=O)OCC2c3ccccc3-c3ccccc32)C(=O)O)c2ccccc21. The van der Waals surface area contributed by atoms with Crippen molar-refractivity contribution >= 4 is 28.9 Å². The number of nitrogens with zero attached hydrogens (tertiary/aromatic N) is 1. The summed E-state index contributed by atoms with van der Waals surface area (Å²) in [7, 11) is 0. The standard InChI is InChI=1S/C32H31NO6/c1-32(2,3)39-31(37)33-18-21(22-10-8-9-15-28(22)33)16-20(30(35)36)17-29(34)38-19-27-25-13-6-4-11-23(25)24-12-5-7-14-26(24)27/h4-15,18,20,27H,16-17,19H2,1-3H3,(H,35,36). The highest BCUT2D eigenvalue weighted by atomic mass is 16.6. The number of carbonyl (C=O) groups is 3. The van der Waals surface area contributed by atoms with Crippen LogP contribution in [-0.4, -0.2) is 39.9 Å². The Balaban J connectivity index is 1.31. The van der Waals surface area contributed by atoms with E-state index in [4.69, 9.17) is 9.47 Å². The largest absolute Gasteiger partial charge is 0.481 e. The van der Waals surface area contributed by atoms with Gasteiger partial charge >= 0.3 is 18.0 Å². The molecule has 5 rings (SSSR count). The van der Waals surface area contributed by atoms with E-state index in [1.165, 1.54) is 4.57 Å². The molecule has 0 saturated heterocycles. The van der Waals surface area contributed by atoms with Crippen molar-refractivity contribution in [2.45, 2.75) is 45.1 Å². The highest BCUT2D eigenvalue weighted by Gasteiger charge is 2.31. The second kappa shape index (κ2) is 10.4. The fourth-order valence-corrected chi connectivity index (χ4v) is 5.26. The summed E-state index contributed by atoms with van der Waals surface area (Å²) in [6.45, 7) is 5.49. The van der Waals surface area contributed by atoms with Crippen LogP contribution in [0.3, 0.4) is 0 Å². The number of aliphatic carboxylic acids is 1. The first kappa shape index (κ1) is 26.2. The Morgan fingerprint density at radius 3 is 2.10 bits per heavy atom. The third-order valence-electron chi connectivity index (χ3n) is 6.99. The molecular weight excluding hydrogens is 494 g/mol. The molecule has 0 spiro atoms. The van der Waals surface area contributed by atoms with E-state index in [1.807, 2.05) is 48.5 Å². The molecule has 39 heavy (non-hydrogen) atoms. The van der Waals surface area contributed by atoms with Gasteiger partial charge in [-0.1, -0.05) is 66.7 Å². The summed E-state index contributed by atoms with van der Waals surface area (Å²) in [5.41, 5.74) is 5.02. The van der Waals surface area contributed by atoms with Gasteiger partial charge in [-0.05, 0) is 61.1 Å². The van der Waals surface area contributed by atoms with Crippen LogP contribution in [0.1, 0.15) is 49.8 Å². The summed E-state index contributed by atoms with van der Waals surface area (Å²) in [5.74, 6) is -2.78. The van der Waals surface area contributed by atoms with Gasteiger partial charge in [0.05, 0.1) is 17.9 Å². The van der Waals surface area contributed by atoms with Crippen LogP contribution < -0.4 is 0 Å². The summed E-state index contributed by atoms with van der Waals surface area (Å²) in [4.78, 5) is 37.9. The zero-order valence-corrected chi connectivity index (χ0v) is 22.2. The second-order valence-corrected chi connectivity index (χ2v) is 10.9. The number of aromatic nitrogens is 1. The molecule has 0 saturated carbocycles. The van der Waals surface area contributed by atoms with Gasteiger partial charge < -0.3 is 14.6 Å². The summed E-state index contributed by atoms with van der Waals surface area (Å²) >= 11 is 0. The number of carboxylic acid groups (broad SMARTS) is 1. The minimum Gasteiger partial charge on any atom is -0.481 e. The molecule has 1 unspecified atom stereocenters. The van der Waals surface area contributed by atoms with Crippen molar-refractivity contribution in [2.24, 2.45) is 5.92 Å². The topological polar surface area (TPSA) is 94.8 Å². The average Bonchev–Trinajstić information content (AvgIpc) is 3.42. The maximum Gasteiger partial charge on any atom is 0.419 e. The zero-order chi connectivity index (χ0) is 27.7. The van der Waals surface area contributed by atoms with Gasteiger partial charge in [0.25, 0.3) is 0 Å². The van der Waals surface area contributed by atoms with Gasteiger partial charge in [0.2, 0.25) is 0 Å². The summed E-state index contributed by atoms with van der Waals surface area (Å²) in [6.07, 6.45) is 0.841. The maximum atomic E-state index is 12.9. The van der Waals surface area contributed by atoms with Crippen LogP contribution in [0.4, 0.5) is 4.79 Å². The van der Waals surface area contributed by atoms with Crippen LogP contribution >= 0.6 is 0 Å². The highest BCUT2D eigenvalue weighted by Crippen LogP contribution is 2.44. The van der Waals surface area contributed by atoms with Gasteiger partial charge in [-0.25, -0.2) is 4.79 Å². The van der Waals surface area contributed by atoms with E-state index in [-0.39, 0.29) is 25.4 Å². The molecule has 7 heteroatoms. The number of carbonyl (C=O) groups excluding carboxylic acids is 2. The number of fused-ring (bicyclic) bond motifs is 4. The van der Waals surface area contributed by atoms with Crippen molar-refractivity contribution in [1.82, 2.24) is 4.57 Å². The molecule has 4 aromatic rings. The van der Waals surface area contributed by atoms with Crippen LogP contribution in [0, 0.1) is 5.92 Å². The van der Waals surface area contributed by atoms with E-state index in [1.54, 1.807) is 39.1 Å². The second-order valence-electron chi connectivity index (χ2n) is 10.9. The molecule has 0 amide bonds. The number of esters is 1. The van der Waals surface area contributed by atoms with E-state index in [9.17, 15) is 19.5 Å². The van der Waals surface area contributed by atoms with Crippen LogP contribution in [0.5, 0.6) is 0 Å². The van der Waals surface area contributed by atoms with Gasteiger partial charge in [-0.3, -0.25) is 14.2 Å². The Labute approximate surface area is 227 Å². The van der Waals surface area contributed by atoms with Crippen molar-refractivity contribution in [3.8, 4) is 11.1 Å².